The number of amides is 2. The van der Waals surface area contributed by atoms with Crippen molar-refractivity contribution in [2.45, 2.75) is 19.4 Å². The number of carboxylic acids is 1. The zero-order chi connectivity index (χ0) is 15.5. The van der Waals surface area contributed by atoms with Crippen LogP contribution in [0.4, 0.5) is 14.9 Å². The number of hydrogen-bond acceptors (Lipinski definition) is 3. The lowest BCUT2D eigenvalue weighted by Crippen LogP contribution is -2.47. The quantitative estimate of drug-likeness (QED) is 0.667. The van der Waals surface area contributed by atoms with E-state index in [-0.39, 0.29) is 5.69 Å². The lowest BCUT2D eigenvalue weighted by atomic mass is 10.1. The van der Waals surface area contributed by atoms with E-state index in [1.165, 1.54) is 12.1 Å². The molecule has 1 aromatic carbocycles. The zero-order valence-corrected chi connectivity index (χ0v) is 12.4. The third-order valence-electron chi connectivity index (χ3n) is 2.55. The fraction of sp³-hybridized carbons (Fsp3) is 0.333. The van der Waals surface area contributed by atoms with Crippen LogP contribution in [0, 0.1) is 12.7 Å². The predicted octanol–water partition coefficient (Wildman–Crippen LogP) is 1.85. The second-order valence-electron chi connectivity index (χ2n) is 4.47. The first-order valence-electron chi connectivity index (χ1n) is 5.60. The van der Waals surface area contributed by atoms with Gasteiger partial charge >= 0.3 is 12.0 Å². The molecule has 8 heteroatoms. The molecular formula is C12H14BrFN2O4. The van der Waals surface area contributed by atoms with E-state index in [1.807, 2.05) is 0 Å². The predicted molar refractivity (Wildman–Crippen MR) is 74.1 cm³/mol. The summed E-state index contributed by atoms with van der Waals surface area (Å²) in [7, 11) is 0. The standard InChI is InChI=1S/C12H14BrFN2O4/c1-6-3-9(8(14)4-7(6)13)16-11(19)15-5-12(2,20)10(17)18/h3-4,20H,5H2,1-2H3,(H,17,18)(H2,15,16,19). The Morgan fingerprint density at radius 3 is 2.60 bits per heavy atom. The molecule has 20 heavy (non-hydrogen) atoms. The van der Waals surface area contributed by atoms with E-state index in [1.54, 1.807) is 6.92 Å². The monoisotopic (exact) mass is 348 g/mol. The van der Waals surface area contributed by atoms with Crippen molar-refractivity contribution in [3.05, 3.63) is 28.0 Å². The molecule has 1 rings (SSSR count). The number of aliphatic carboxylic acids is 1. The summed E-state index contributed by atoms with van der Waals surface area (Å²) >= 11 is 3.15. The minimum atomic E-state index is -2.09. The highest BCUT2D eigenvalue weighted by molar-refractivity contribution is 9.10. The van der Waals surface area contributed by atoms with Crippen LogP contribution in [0.2, 0.25) is 0 Å². The van der Waals surface area contributed by atoms with E-state index < -0.39 is 30.0 Å². The summed E-state index contributed by atoms with van der Waals surface area (Å²) < 4.78 is 14.1. The van der Waals surface area contributed by atoms with Crippen molar-refractivity contribution < 1.29 is 24.2 Å². The number of hydrogen-bond donors (Lipinski definition) is 4. The van der Waals surface area contributed by atoms with Crippen LogP contribution in [0.5, 0.6) is 0 Å². The van der Waals surface area contributed by atoms with Gasteiger partial charge in [0, 0.05) is 4.47 Å². The molecule has 1 unspecified atom stereocenters. The number of halogens is 2. The zero-order valence-electron chi connectivity index (χ0n) is 10.8. The van der Waals surface area contributed by atoms with Crippen molar-refractivity contribution in [3.8, 4) is 0 Å². The third-order valence-corrected chi connectivity index (χ3v) is 3.40. The van der Waals surface area contributed by atoms with E-state index in [0.29, 0.717) is 4.47 Å². The van der Waals surface area contributed by atoms with Gasteiger partial charge in [0.15, 0.2) is 5.60 Å². The van der Waals surface area contributed by atoms with E-state index in [9.17, 15) is 19.1 Å². The van der Waals surface area contributed by atoms with Crippen LogP contribution in [0.25, 0.3) is 0 Å². The molecule has 0 bridgehead atoms. The van der Waals surface area contributed by atoms with E-state index in [4.69, 9.17) is 5.11 Å². The maximum absolute atomic E-state index is 13.6. The van der Waals surface area contributed by atoms with Gasteiger partial charge in [-0.2, -0.15) is 0 Å². The maximum Gasteiger partial charge on any atom is 0.337 e. The van der Waals surface area contributed by atoms with Gasteiger partial charge in [-0.3, -0.25) is 0 Å². The minimum Gasteiger partial charge on any atom is -0.479 e. The summed E-state index contributed by atoms with van der Waals surface area (Å²) in [5.74, 6) is -2.11. The first-order valence-corrected chi connectivity index (χ1v) is 6.39. The number of aryl methyl sites for hydroxylation is 1. The Hall–Kier alpha value is -1.67. The van der Waals surface area contributed by atoms with Crippen molar-refractivity contribution in [1.29, 1.82) is 0 Å². The van der Waals surface area contributed by atoms with Gasteiger partial charge in [-0.1, -0.05) is 15.9 Å². The fourth-order valence-corrected chi connectivity index (χ4v) is 1.56. The molecule has 0 aliphatic carbocycles. The van der Waals surface area contributed by atoms with Crippen molar-refractivity contribution in [1.82, 2.24) is 5.32 Å². The van der Waals surface area contributed by atoms with Crippen LogP contribution < -0.4 is 10.6 Å². The van der Waals surface area contributed by atoms with Gasteiger partial charge < -0.3 is 20.8 Å². The molecule has 0 heterocycles. The summed E-state index contributed by atoms with van der Waals surface area (Å²) in [4.78, 5) is 22.2. The van der Waals surface area contributed by atoms with Gasteiger partial charge in [0.2, 0.25) is 0 Å². The number of benzene rings is 1. The first-order chi connectivity index (χ1) is 9.13. The maximum atomic E-state index is 13.6. The molecule has 0 aliphatic heterocycles. The Kier molecular flexibility index (Phi) is 5.07. The normalized spacial score (nSPS) is 13.4. The molecular weight excluding hydrogens is 335 g/mol. The van der Waals surface area contributed by atoms with Gasteiger partial charge in [0.1, 0.15) is 5.82 Å². The number of nitrogens with one attached hydrogen (secondary N) is 2. The summed E-state index contributed by atoms with van der Waals surface area (Å²) in [6.07, 6.45) is 0. The Labute approximate surface area is 123 Å². The van der Waals surface area contributed by atoms with Crippen LogP contribution >= 0.6 is 15.9 Å². The van der Waals surface area contributed by atoms with Crippen molar-refractivity contribution in [3.63, 3.8) is 0 Å². The molecule has 0 radical (unpaired) electrons. The molecule has 6 nitrogen and oxygen atoms in total. The minimum absolute atomic E-state index is 0.0434. The van der Waals surface area contributed by atoms with E-state index >= 15 is 0 Å². The van der Waals surface area contributed by atoms with Crippen LogP contribution in [0.3, 0.4) is 0 Å². The number of carbonyl (C=O) groups excluding carboxylic acids is 1. The molecule has 1 atom stereocenters. The molecule has 0 aliphatic rings. The molecule has 1 aromatic rings. The van der Waals surface area contributed by atoms with Crippen LogP contribution in [-0.2, 0) is 4.79 Å². The highest BCUT2D eigenvalue weighted by atomic mass is 79.9. The number of carboxylic acid groups (broad SMARTS) is 1. The number of rotatable bonds is 4. The van der Waals surface area contributed by atoms with Gasteiger partial charge in [-0.15, -0.1) is 0 Å². The van der Waals surface area contributed by atoms with Crippen LogP contribution in [0.15, 0.2) is 16.6 Å². The molecule has 0 fully saturated rings. The fourth-order valence-electron chi connectivity index (χ4n) is 1.25. The van der Waals surface area contributed by atoms with Crippen molar-refractivity contribution in [2.24, 2.45) is 0 Å². The number of urea groups is 1. The average molecular weight is 349 g/mol. The molecule has 0 saturated carbocycles. The largest absolute Gasteiger partial charge is 0.479 e. The van der Waals surface area contributed by atoms with Gasteiger partial charge in [-0.25, -0.2) is 14.0 Å². The van der Waals surface area contributed by atoms with E-state index in [2.05, 4.69) is 26.6 Å². The third kappa shape index (κ3) is 4.17. The van der Waals surface area contributed by atoms with Gasteiger partial charge in [-0.05, 0) is 31.5 Å². The molecule has 0 aromatic heterocycles. The Morgan fingerprint density at radius 2 is 2.05 bits per heavy atom. The number of carbonyl (C=O) groups is 2. The summed E-state index contributed by atoms with van der Waals surface area (Å²) in [5.41, 5.74) is -1.41. The van der Waals surface area contributed by atoms with E-state index in [0.717, 1.165) is 12.5 Å². The Morgan fingerprint density at radius 1 is 1.45 bits per heavy atom. The summed E-state index contributed by atoms with van der Waals surface area (Å²) in [5, 5.41) is 22.5. The van der Waals surface area contributed by atoms with Crippen molar-refractivity contribution in [2.75, 3.05) is 11.9 Å². The lowest BCUT2D eigenvalue weighted by molar-refractivity contribution is -0.155. The second kappa shape index (κ2) is 6.19. The lowest BCUT2D eigenvalue weighted by Gasteiger charge is -2.18. The van der Waals surface area contributed by atoms with Gasteiger partial charge in [0.05, 0.1) is 12.2 Å². The smallest absolute Gasteiger partial charge is 0.337 e. The Bertz CT molecular complexity index is 549. The van der Waals surface area contributed by atoms with Crippen LogP contribution in [0.1, 0.15) is 12.5 Å². The molecule has 4 N–H and O–H groups in total. The van der Waals surface area contributed by atoms with Crippen LogP contribution in [-0.4, -0.2) is 34.4 Å². The molecule has 2 amide bonds. The first kappa shape index (κ1) is 16.4. The molecule has 110 valence electrons. The Balaban J connectivity index is 2.68. The topological polar surface area (TPSA) is 98.7 Å². The molecule has 0 saturated heterocycles. The van der Waals surface area contributed by atoms with Crippen molar-refractivity contribution >= 4 is 33.6 Å². The second-order valence-corrected chi connectivity index (χ2v) is 5.32. The van der Waals surface area contributed by atoms with Gasteiger partial charge in [0.25, 0.3) is 0 Å². The SMILES string of the molecule is Cc1cc(NC(=O)NCC(C)(O)C(=O)O)c(F)cc1Br. The highest BCUT2D eigenvalue weighted by Gasteiger charge is 2.30. The average Bonchev–Trinajstić information content (AvgIpc) is 2.33. The molecule has 0 spiro atoms. The summed E-state index contributed by atoms with van der Waals surface area (Å²) in [6.45, 7) is 2.26. The number of anilines is 1. The number of aliphatic hydroxyl groups is 1. The summed E-state index contributed by atoms with van der Waals surface area (Å²) in [6, 6.07) is 1.82. The highest BCUT2D eigenvalue weighted by Crippen LogP contribution is 2.23.